The number of benzene rings is 2. The number of aryl methyl sites for hydroxylation is 1. The normalized spacial score (nSPS) is 12.5. The Labute approximate surface area is 112 Å². The number of nitrogens with two attached hydrogens (primary N) is 1. The first-order chi connectivity index (χ1) is 9.24. The first kappa shape index (κ1) is 11.9. The fourth-order valence-electron chi connectivity index (χ4n) is 2.34. The molecule has 1 atom stereocenters. The molecule has 3 rings (SSSR count). The van der Waals surface area contributed by atoms with Crippen LogP contribution in [0, 0.1) is 6.92 Å². The number of hydrogen-bond acceptors (Lipinski definition) is 2. The van der Waals surface area contributed by atoms with Gasteiger partial charge >= 0.3 is 0 Å². The van der Waals surface area contributed by atoms with Gasteiger partial charge in [-0.25, -0.2) is 0 Å². The van der Waals surface area contributed by atoms with Crippen LogP contribution in [0.25, 0.3) is 10.8 Å². The second-order valence-corrected chi connectivity index (χ2v) is 4.88. The fourth-order valence-corrected chi connectivity index (χ4v) is 2.34. The topological polar surface area (TPSA) is 38.9 Å². The Balaban J connectivity index is 2.04. The predicted octanol–water partition coefficient (Wildman–Crippen LogP) is 3.59. The molecule has 3 aromatic rings. The number of rotatable bonds is 2. The average Bonchev–Trinajstić information content (AvgIpc) is 2.46. The highest BCUT2D eigenvalue weighted by Gasteiger charge is 2.09. The predicted molar refractivity (Wildman–Crippen MR) is 79.0 cm³/mol. The molecule has 0 saturated heterocycles. The minimum atomic E-state index is -0.128. The minimum Gasteiger partial charge on any atom is -0.320 e. The van der Waals surface area contributed by atoms with Gasteiger partial charge in [0.25, 0.3) is 0 Å². The van der Waals surface area contributed by atoms with Gasteiger partial charge in [-0.1, -0.05) is 42.5 Å². The number of pyridine rings is 1. The molecule has 0 bridgehead atoms. The summed E-state index contributed by atoms with van der Waals surface area (Å²) in [6.45, 7) is 2.03. The molecule has 19 heavy (non-hydrogen) atoms. The largest absolute Gasteiger partial charge is 0.320 e. The van der Waals surface area contributed by atoms with Crippen LogP contribution in [0.2, 0.25) is 0 Å². The molecule has 0 aliphatic heterocycles. The van der Waals surface area contributed by atoms with E-state index in [1.165, 1.54) is 10.8 Å². The van der Waals surface area contributed by atoms with Crippen molar-refractivity contribution in [1.29, 1.82) is 0 Å². The van der Waals surface area contributed by atoms with Crippen molar-refractivity contribution in [2.45, 2.75) is 13.0 Å². The van der Waals surface area contributed by atoms with Crippen molar-refractivity contribution in [1.82, 2.24) is 4.98 Å². The quantitative estimate of drug-likeness (QED) is 0.752. The van der Waals surface area contributed by atoms with Crippen LogP contribution in [0.5, 0.6) is 0 Å². The second kappa shape index (κ2) is 4.82. The Morgan fingerprint density at radius 3 is 2.47 bits per heavy atom. The molecule has 1 heterocycles. The van der Waals surface area contributed by atoms with Crippen molar-refractivity contribution in [2.24, 2.45) is 5.73 Å². The lowest BCUT2D eigenvalue weighted by molar-refractivity contribution is 0.862. The highest BCUT2D eigenvalue weighted by atomic mass is 14.7. The van der Waals surface area contributed by atoms with Crippen molar-refractivity contribution in [2.75, 3.05) is 0 Å². The molecule has 0 amide bonds. The Kier molecular flexibility index (Phi) is 3.02. The lowest BCUT2D eigenvalue weighted by Gasteiger charge is -2.13. The van der Waals surface area contributed by atoms with E-state index in [4.69, 9.17) is 5.73 Å². The zero-order valence-corrected chi connectivity index (χ0v) is 10.9. The van der Waals surface area contributed by atoms with E-state index in [0.717, 1.165) is 16.7 Å². The van der Waals surface area contributed by atoms with E-state index in [1.807, 2.05) is 31.5 Å². The molecule has 0 aliphatic carbocycles. The van der Waals surface area contributed by atoms with Crippen molar-refractivity contribution < 1.29 is 0 Å². The summed E-state index contributed by atoms with van der Waals surface area (Å²) in [6, 6.07) is 16.6. The van der Waals surface area contributed by atoms with Gasteiger partial charge in [-0.05, 0) is 40.5 Å². The lowest BCUT2D eigenvalue weighted by Crippen LogP contribution is -2.12. The number of hydrogen-bond donors (Lipinski definition) is 1. The van der Waals surface area contributed by atoms with Crippen molar-refractivity contribution in [3.8, 4) is 0 Å². The van der Waals surface area contributed by atoms with Gasteiger partial charge in [-0.15, -0.1) is 0 Å². The molecule has 1 unspecified atom stereocenters. The van der Waals surface area contributed by atoms with Crippen LogP contribution < -0.4 is 5.73 Å². The van der Waals surface area contributed by atoms with Gasteiger partial charge < -0.3 is 5.73 Å². The van der Waals surface area contributed by atoms with E-state index in [9.17, 15) is 0 Å². The molecular formula is C17H16N2. The van der Waals surface area contributed by atoms with E-state index in [-0.39, 0.29) is 6.04 Å². The Hall–Kier alpha value is -2.19. The fraction of sp³-hybridized carbons (Fsp3) is 0.118. The second-order valence-electron chi connectivity index (χ2n) is 4.88. The lowest BCUT2D eigenvalue weighted by atomic mass is 9.97. The van der Waals surface area contributed by atoms with E-state index >= 15 is 0 Å². The van der Waals surface area contributed by atoms with Gasteiger partial charge in [0.2, 0.25) is 0 Å². The number of nitrogens with zero attached hydrogens (tertiary/aromatic N) is 1. The summed E-state index contributed by atoms with van der Waals surface area (Å²) < 4.78 is 0. The molecular weight excluding hydrogens is 232 g/mol. The molecule has 0 fully saturated rings. The molecule has 0 spiro atoms. The maximum atomic E-state index is 6.34. The van der Waals surface area contributed by atoms with Crippen LogP contribution in [-0.2, 0) is 0 Å². The van der Waals surface area contributed by atoms with Crippen LogP contribution in [0.4, 0.5) is 0 Å². The van der Waals surface area contributed by atoms with E-state index in [0.29, 0.717) is 0 Å². The van der Waals surface area contributed by atoms with Crippen LogP contribution in [0.1, 0.15) is 22.7 Å². The number of fused-ring (bicyclic) bond motifs is 1. The molecule has 0 aliphatic rings. The third-order valence-electron chi connectivity index (χ3n) is 3.39. The maximum Gasteiger partial charge on any atom is 0.0567 e. The molecule has 2 aromatic carbocycles. The first-order valence-corrected chi connectivity index (χ1v) is 6.40. The van der Waals surface area contributed by atoms with Gasteiger partial charge in [0.05, 0.1) is 6.04 Å². The van der Waals surface area contributed by atoms with E-state index in [1.54, 1.807) is 0 Å². The molecule has 2 nitrogen and oxygen atoms in total. The van der Waals surface area contributed by atoms with Crippen molar-refractivity contribution in [3.05, 3.63) is 77.6 Å². The Bertz CT molecular complexity index is 719. The van der Waals surface area contributed by atoms with Crippen LogP contribution in [-0.4, -0.2) is 4.98 Å². The SMILES string of the molecule is Cc1cncc(C(N)c2ccc3ccccc3c2)c1. The summed E-state index contributed by atoms with van der Waals surface area (Å²) in [5.74, 6) is 0. The van der Waals surface area contributed by atoms with Gasteiger partial charge in [-0.2, -0.15) is 0 Å². The van der Waals surface area contributed by atoms with E-state index < -0.39 is 0 Å². The van der Waals surface area contributed by atoms with Crippen LogP contribution >= 0.6 is 0 Å². The van der Waals surface area contributed by atoms with Gasteiger partial charge in [0, 0.05) is 12.4 Å². The standard InChI is InChI=1S/C17H16N2/c1-12-8-16(11-19-10-12)17(18)15-7-6-13-4-2-3-5-14(13)9-15/h2-11,17H,18H2,1H3. The zero-order chi connectivity index (χ0) is 13.2. The summed E-state index contributed by atoms with van der Waals surface area (Å²) in [5.41, 5.74) is 9.64. The molecule has 0 saturated carbocycles. The van der Waals surface area contributed by atoms with Crippen LogP contribution in [0.15, 0.2) is 60.9 Å². The minimum absolute atomic E-state index is 0.128. The Morgan fingerprint density at radius 1 is 0.895 bits per heavy atom. The van der Waals surface area contributed by atoms with Crippen molar-refractivity contribution >= 4 is 10.8 Å². The third kappa shape index (κ3) is 2.35. The van der Waals surface area contributed by atoms with Crippen molar-refractivity contribution in [3.63, 3.8) is 0 Å². The van der Waals surface area contributed by atoms with E-state index in [2.05, 4.69) is 41.4 Å². The molecule has 0 radical (unpaired) electrons. The first-order valence-electron chi connectivity index (χ1n) is 6.40. The average molecular weight is 248 g/mol. The summed E-state index contributed by atoms with van der Waals surface area (Å²) in [5, 5.41) is 2.46. The summed E-state index contributed by atoms with van der Waals surface area (Å²) in [6.07, 6.45) is 3.68. The third-order valence-corrected chi connectivity index (χ3v) is 3.39. The highest BCUT2D eigenvalue weighted by molar-refractivity contribution is 5.83. The summed E-state index contributed by atoms with van der Waals surface area (Å²) >= 11 is 0. The smallest absolute Gasteiger partial charge is 0.0567 e. The van der Waals surface area contributed by atoms with Gasteiger partial charge in [0.1, 0.15) is 0 Å². The zero-order valence-electron chi connectivity index (χ0n) is 10.9. The molecule has 2 heteroatoms. The Morgan fingerprint density at radius 2 is 1.68 bits per heavy atom. The monoisotopic (exact) mass is 248 g/mol. The molecule has 94 valence electrons. The highest BCUT2D eigenvalue weighted by Crippen LogP contribution is 2.23. The van der Waals surface area contributed by atoms with Crippen LogP contribution in [0.3, 0.4) is 0 Å². The number of aromatic nitrogens is 1. The summed E-state index contributed by atoms with van der Waals surface area (Å²) in [7, 11) is 0. The van der Waals surface area contributed by atoms with Gasteiger partial charge in [0.15, 0.2) is 0 Å². The molecule has 1 aromatic heterocycles. The summed E-state index contributed by atoms with van der Waals surface area (Å²) in [4.78, 5) is 4.21. The van der Waals surface area contributed by atoms with Gasteiger partial charge in [-0.3, -0.25) is 4.98 Å². The maximum absolute atomic E-state index is 6.34. The molecule has 2 N–H and O–H groups in total.